The second-order valence-corrected chi connectivity index (χ2v) is 4.58. The number of ether oxygens (including phenoxy) is 3. The first-order valence-corrected chi connectivity index (χ1v) is 6.40. The van der Waals surface area contributed by atoms with Gasteiger partial charge >= 0.3 is 0 Å². The minimum Gasteiger partial charge on any atom is -0.497 e. The molecule has 1 aliphatic rings. The number of pyridine rings is 1. The molecule has 0 amide bonds. The van der Waals surface area contributed by atoms with E-state index in [1.165, 1.54) is 0 Å². The van der Waals surface area contributed by atoms with Gasteiger partial charge in [0, 0.05) is 24.1 Å². The van der Waals surface area contributed by atoms with Crippen LogP contribution in [0.2, 0.25) is 0 Å². The maximum absolute atomic E-state index is 5.71. The van der Waals surface area contributed by atoms with Crippen molar-refractivity contribution in [1.82, 2.24) is 4.98 Å². The number of hydrogen-bond donors (Lipinski definition) is 2. The van der Waals surface area contributed by atoms with Gasteiger partial charge in [0.15, 0.2) is 0 Å². The van der Waals surface area contributed by atoms with E-state index in [9.17, 15) is 0 Å². The van der Waals surface area contributed by atoms with Gasteiger partial charge < -0.3 is 19.6 Å². The second-order valence-electron chi connectivity index (χ2n) is 4.58. The maximum Gasteiger partial charge on any atom is 0.134 e. The van der Waals surface area contributed by atoms with E-state index < -0.39 is 0 Å². The van der Waals surface area contributed by atoms with Crippen LogP contribution in [0.4, 0.5) is 5.69 Å². The van der Waals surface area contributed by atoms with Gasteiger partial charge in [-0.3, -0.25) is 10.8 Å². The number of nitrogen functional groups attached to an aromatic ring is 1. The molecule has 1 aromatic carbocycles. The predicted molar refractivity (Wildman–Crippen MR) is 76.0 cm³/mol. The second kappa shape index (κ2) is 5.15. The van der Waals surface area contributed by atoms with Gasteiger partial charge in [-0.2, -0.15) is 0 Å². The minimum atomic E-state index is 0.507. The van der Waals surface area contributed by atoms with Crippen LogP contribution >= 0.6 is 0 Å². The third-order valence-electron chi connectivity index (χ3n) is 3.54. The molecule has 2 aromatic rings. The van der Waals surface area contributed by atoms with Crippen LogP contribution in [0.25, 0.3) is 10.9 Å². The van der Waals surface area contributed by atoms with E-state index in [-0.39, 0.29) is 0 Å². The molecule has 0 spiro atoms. The highest BCUT2D eigenvalue weighted by molar-refractivity contribution is 5.99. The zero-order chi connectivity index (χ0) is 14.1. The Balaban J connectivity index is 2.36. The maximum atomic E-state index is 5.71. The summed E-state index contributed by atoms with van der Waals surface area (Å²) in [5.41, 5.74) is 6.38. The molecule has 6 heteroatoms. The van der Waals surface area contributed by atoms with Crippen molar-refractivity contribution in [2.75, 3.05) is 26.3 Å². The van der Waals surface area contributed by atoms with Crippen molar-refractivity contribution >= 4 is 16.6 Å². The number of nitrogens with one attached hydrogen (secondary N) is 1. The van der Waals surface area contributed by atoms with Crippen LogP contribution in [-0.4, -0.2) is 25.8 Å². The van der Waals surface area contributed by atoms with E-state index in [0.29, 0.717) is 24.7 Å². The molecule has 3 N–H and O–H groups in total. The molecule has 0 unspecified atom stereocenters. The lowest BCUT2D eigenvalue weighted by molar-refractivity contribution is 0.110. The SMILES string of the molecule is COc1cc(OC)c2c(NN)c3c(nc2c1)CCOC3. The van der Waals surface area contributed by atoms with Gasteiger partial charge in [-0.1, -0.05) is 0 Å². The van der Waals surface area contributed by atoms with Crippen molar-refractivity contribution in [3.63, 3.8) is 0 Å². The molecule has 0 radical (unpaired) electrons. The Bertz CT molecular complexity index is 658. The van der Waals surface area contributed by atoms with Crippen LogP contribution in [0.5, 0.6) is 11.5 Å². The monoisotopic (exact) mass is 275 g/mol. The lowest BCUT2D eigenvalue weighted by Gasteiger charge is -2.22. The molecule has 0 saturated heterocycles. The number of benzene rings is 1. The van der Waals surface area contributed by atoms with E-state index in [4.69, 9.17) is 25.0 Å². The molecular formula is C14H17N3O3. The lowest BCUT2D eigenvalue weighted by atomic mass is 10.0. The van der Waals surface area contributed by atoms with Crippen LogP contribution in [-0.2, 0) is 17.8 Å². The normalized spacial score (nSPS) is 13.9. The standard InChI is InChI=1S/C14H17N3O3/c1-18-8-5-11-13(12(6-8)19-2)14(17-15)9-7-20-4-3-10(9)16-11/h5-6H,3-4,7,15H2,1-2H3,(H,16,17). The Morgan fingerprint density at radius 2 is 2.15 bits per heavy atom. The highest BCUT2D eigenvalue weighted by Gasteiger charge is 2.21. The van der Waals surface area contributed by atoms with Crippen LogP contribution in [0.3, 0.4) is 0 Å². The van der Waals surface area contributed by atoms with E-state index in [2.05, 4.69) is 5.43 Å². The van der Waals surface area contributed by atoms with Crippen molar-refractivity contribution in [2.24, 2.45) is 5.84 Å². The van der Waals surface area contributed by atoms with Gasteiger partial charge in [0.05, 0.1) is 49.7 Å². The van der Waals surface area contributed by atoms with E-state index in [1.807, 2.05) is 12.1 Å². The van der Waals surface area contributed by atoms with Gasteiger partial charge in [0.1, 0.15) is 11.5 Å². The van der Waals surface area contributed by atoms with Crippen LogP contribution < -0.4 is 20.7 Å². The first-order chi connectivity index (χ1) is 9.78. The summed E-state index contributed by atoms with van der Waals surface area (Å²) < 4.78 is 16.2. The molecular weight excluding hydrogens is 258 g/mol. The summed E-state index contributed by atoms with van der Waals surface area (Å²) in [6.07, 6.45) is 0.777. The molecule has 6 nitrogen and oxygen atoms in total. The molecule has 0 bridgehead atoms. The zero-order valence-electron chi connectivity index (χ0n) is 11.5. The number of nitrogens with zero attached hydrogens (tertiary/aromatic N) is 1. The largest absolute Gasteiger partial charge is 0.497 e. The molecule has 2 heterocycles. The van der Waals surface area contributed by atoms with Crippen LogP contribution in [0.1, 0.15) is 11.3 Å². The summed E-state index contributed by atoms with van der Waals surface area (Å²) in [7, 11) is 3.24. The molecule has 1 aromatic heterocycles. The topological polar surface area (TPSA) is 78.6 Å². The molecule has 1 aliphatic heterocycles. The molecule has 0 atom stereocenters. The number of rotatable bonds is 3. The summed E-state index contributed by atoms with van der Waals surface area (Å²) >= 11 is 0. The van der Waals surface area contributed by atoms with Crippen molar-refractivity contribution in [3.05, 3.63) is 23.4 Å². The number of aromatic nitrogens is 1. The lowest BCUT2D eigenvalue weighted by Crippen LogP contribution is -2.18. The number of nitrogens with two attached hydrogens (primary N) is 1. The van der Waals surface area contributed by atoms with Crippen LogP contribution in [0, 0.1) is 0 Å². The fourth-order valence-electron chi connectivity index (χ4n) is 2.57. The number of anilines is 1. The summed E-state index contributed by atoms with van der Waals surface area (Å²) in [6.45, 7) is 1.18. The Morgan fingerprint density at radius 3 is 2.85 bits per heavy atom. The smallest absolute Gasteiger partial charge is 0.134 e. The molecule has 0 aliphatic carbocycles. The van der Waals surface area contributed by atoms with Crippen molar-refractivity contribution in [2.45, 2.75) is 13.0 Å². The van der Waals surface area contributed by atoms with E-state index in [1.54, 1.807) is 14.2 Å². The third kappa shape index (κ3) is 1.93. The Hall–Kier alpha value is -2.05. The predicted octanol–water partition coefficient (Wildman–Crippen LogP) is 1.61. The van der Waals surface area contributed by atoms with Gasteiger partial charge in [-0.05, 0) is 0 Å². The van der Waals surface area contributed by atoms with Crippen molar-refractivity contribution in [3.8, 4) is 11.5 Å². The first kappa shape index (κ1) is 13.0. The first-order valence-electron chi connectivity index (χ1n) is 6.40. The van der Waals surface area contributed by atoms with Gasteiger partial charge in [-0.15, -0.1) is 0 Å². The zero-order valence-corrected chi connectivity index (χ0v) is 11.5. The van der Waals surface area contributed by atoms with Crippen molar-refractivity contribution in [1.29, 1.82) is 0 Å². The average molecular weight is 275 g/mol. The quantitative estimate of drug-likeness (QED) is 0.654. The van der Waals surface area contributed by atoms with Crippen molar-refractivity contribution < 1.29 is 14.2 Å². The third-order valence-corrected chi connectivity index (χ3v) is 3.54. The van der Waals surface area contributed by atoms with Crippen LogP contribution in [0.15, 0.2) is 12.1 Å². The summed E-state index contributed by atoms with van der Waals surface area (Å²) in [5.74, 6) is 7.09. The van der Waals surface area contributed by atoms with E-state index in [0.717, 1.165) is 34.3 Å². The Labute approximate surface area is 116 Å². The number of fused-ring (bicyclic) bond motifs is 2. The number of hydrogen-bond acceptors (Lipinski definition) is 6. The molecule has 3 rings (SSSR count). The summed E-state index contributed by atoms with van der Waals surface area (Å²) in [4.78, 5) is 4.71. The number of hydrazine groups is 1. The molecule has 0 fully saturated rings. The van der Waals surface area contributed by atoms with Gasteiger partial charge in [-0.25, -0.2) is 0 Å². The highest BCUT2D eigenvalue weighted by Crippen LogP contribution is 2.39. The highest BCUT2D eigenvalue weighted by atomic mass is 16.5. The molecule has 20 heavy (non-hydrogen) atoms. The fourth-order valence-corrected chi connectivity index (χ4v) is 2.57. The summed E-state index contributed by atoms with van der Waals surface area (Å²) in [6, 6.07) is 3.70. The number of methoxy groups -OCH3 is 2. The summed E-state index contributed by atoms with van der Waals surface area (Å²) in [5, 5.41) is 0.847. The molecule has 106 valence electrons. The van der Waals surface area contributed by atoms with Gasteiger partial charge in [0.2, 0.25) is 0 Å². The Morgan fingerprint density at radius 1 is 1.30 bits per heavy atom. The fraction of sp³-hybridized carbons (Fsp3) is 0.357. The average Bonchev–Trinajstić information content (AvgIpc) is 2.51. The Kier molecular flexibility index (Phi) is 3.33. The minimum absolute atomic E-state index is 0.507. The molecule has 0 saturated carbocycles. The van der Waals surface area contributed by atoms with E-state index >= 15 is 0 Å². The van der Waals surface area contributed by atoms with Gasteiger partial charge in [0.25, 0.3) is 0 Å².